The van der Waals surface area contributed by atoms with Crippen LogP contribution in [0, 0.1) is 47.6 Å². The van der Waals surface area contributed by atoms with Gasteiger partial charge in [0.2, 0.25) is 11.8 Å². The Morgan fingerprint density at radius 1 is 0.811 bits per heavy atom. The molecule has 0 radical (unpaired) electrons. The second kappa shape index (κ2) is 8.53. The zero-order valence-corrected chi connectivity index (χ0v) is 21.0. The summed E-state index contributed by atoms with van der Waals surface area (Å²) in [7, 11) is 0. The molecule has 2 amide bonds. The number of fused-ring (bicyclic) bond motifs is 5. The molecule has 0 spiro atoms. The molecule has 6 nitrogen and oxygen atoms in total. The molecule has 1 saturated carbocycles. The standard InChI is InChI=1S/C30H23ClN2O4/c1-16-3-7-18(8-4-16)25(19-9-5-17(2)6-10-19)26-21-12-13-22(26)28-27(21)29(34)32(30(28)35)24-15-20(33(36)37)11-14-23(24)31/h3-15,21-22,27-28H,1-2H3/t21-,22-,27-,28+/m1/s1. The van der Waals surface area contributed by atoms with Gasteiger partial charge in [-0.2, -0.15) is 0 Å². The predicted octanol–water partition coefficient (Wildman–Crippen LogP) is 6.29. The normalized spacial score (nSPS) is 23.6. The first kappa shape index (κ1) is 23.4. The maximum Gasteiger partial charge on any atom is 0.271 e. The Bertz CT molecular complexity index is 1460. The fraction of sp³-hybridized carbons (Fsp3) is 0.200. The maximum atomic E-state index is 13.8. The van der Waals surface area contributed by atoms with E-state index >= 15 is 0 Å². The minimum atomic E-state index is -0.571. The summed E-state index contributed by atoms with van der Waals surface area (Å²) in [6, 6.07) is 20.4. The molecule has 2 bridgehead atoms. The Morgan fingerprint density at radius 3 is 1.76 bits per heavy atom. The molecule has 184 valence electrons. The van der Waals surface area contributed by atoms with Gasteiger partial charge in [0, 0.05) is 24.0 Å². The average molecular weight is 511 g/mol. The summed E-state index contributed by atoms with van der Waals surface area (Å²) in [4.78, 5) is 39.4. The highest BCUT2D eigenvalue weighted by molar-refractivity contribution is 6.36. The first-order valence-corrected chi connectivity index (χ1v) is 12.5. The number of nitrogens with zero attached hydrogens (tertiary/aromatic N) is 2. The van der Waals surface area contributed by atoms with Crippen LogP contribution < -0.4 is 4.90 Å². The Labute approximate surface area is 219 Å². The fourth-order valence-corrected chi connectivity index (χ4v) is 6.26. The van der Waals surface area contributed by atoms with E-state index in [1.54, 1.807) is 0 Å². The molecule has 1 heterocycles. The summed E-state index contributed by atoms with van der Waals surface area (Å²) in [6.07, 6.45) is 4.07. The lowest BCUT2D eigenvalue weighted by Crippen LogP contribution is -2.33. The van der Waals surface area contributed by atoms with Crippen molar-refractivity contribution in [1.29, 1.82) is 0 Å². The lowest BCUT2D eigenvalue weighted by atomic mass is 9.85. The van der Waals surface area contributed by atoms with Crippen LogP contribution in [-0.2, 0) is 9.59 Å². The summed E-state index contributed by atoms with van der Waals surface area (Å²) in [5, 5.41) is 11.5. The number of allylic oxidation sites excluding steroid dienone is 3. The quantitative estimate of drug-likeness (QED) is 0.179. The molecule has 37 heavy (non-hydrogen) atoms. The molecule has 0 unspecified atom stereocenters. The third-order valence-corrected chi connectivity index (χ3v) is 8.09. The zero-order chi connectivity index (χ0) is 26.0. The predicted molar refractivity (Wildman–Crippen MR) is 142 cm³/mol. The molecule has 4 atom stereocenters. The van der Waals surface area contributed by atoms with Crippen LogP contribution in [0.3, 0.4) is 0 Å². The average Bonchev–Trinajstić information content (AvgIpc) is 3.51. The molecule has 3 aromatic carbocycles. The number of hydrogen-bond donors (Lipinski definition) is 0. The van der Waals surface area contributed by atoms with Crippen molar-refractivity contribution in [3.8, 4) is 0 Å². The van der Waals surface area contributed by atoms with Gasteiger partial charge < -0.3 is 0 Å². The van der Waals surface area contributed by atoms with Crippen molar-refractivity contribution in [3.05, 3.63) is 122 Å². The SMILES string of the molecule is Cc1ccc(C(=C2[C@H]3C=C[C@H]2[C@H]2C(=O)N(c4cc([N+](=O)[O-])ccc4Cl)C(=O)[C@H]23)c2ccc(C)cc2)cc1. The van der Waals surface area contributed by atoms with E-state index in [1.165, 1.54) is 18.2 Å². The number of imide groups is 1. The van der Waals surface area contributed by atoms with Crippen molar-refractivity contribution < 1.29 is 14.5 Å². The lowest BCUT2D eigenvalue weighted by Gasteiger charge is -2.22. The highest BCUT2D eigenvalue weighted by atomic mass is 35.5. The fourth-order valence-electron chi connectivity index (χ4n) is 6.06. The Kier molecular flexibility index (Phi) is 5.39. The van der Waals surface area contributed by atoms with E-state index in [2.05, 4.69) is 48.5 Å². The largest absolute Gasteiger partial charge is 0.274 e. The topological polar surface area (TPSA) is 80.5 Å². The van der Waals surface area contributed by atoms with Crippen molar-refractivity contribution in [3.63, 3.8) is 0 Å². The maximum absolute atomic E-state index is 13.8. The van der Waals surface area contributed by atoms with Crippen LogP contribution in [0.4, 0.5) is 11.4 Å². The van der Waals surface area contributed by atoms with E-state index in [-0.39, 0.29) is 40.0 Å². The number of aryl methyl sites for hydroxylation is 2. The van der Waals surface area contributed by atoms with Crippen LogP contribution in [0.1, 0.15) is 22.3 Å². The number of carbonyl (C=O) groups is 2. The van der Waals surface area contributed by atoms with E-state index in [4.69, 9.17) is 11.6 Å². The summed E-state index contributed by atoms with van der Waals surface area (Å²) < 4.78 is 0. The molecule has 7 heteroatoms. The van der Waals surface area contributed by atoms with Crippen LogP contribution in [0.2, 0.25) is 5.02 Å². The van der Waals surface area contributed by atoms with Gasteiger partial charge in [-0.15, -0.1) is 0 Å². The number of non-ortho nitro benzene ring substituents is 1. The van der Waals surface area contributed by atoms with Crippen molar-refractivity contribution in [2.75, 3.05) is 4.90 Å². The number of hydrogen-bond acceptors (Lipinski definition) is 4. The van der Waals surface area contributed by atoms with Gasteiger partial charge in [-0.25, -0.2) is 4.90 Å². The monoisotopic (exact) mass is 510 g/mol. The summed E-state index contributed by atoms with van der Waals surface area (Å²) in [5.41, 5.74) is 6.36. The van der Waals surface area contributed by atoms with E-state index in [0.717, 1.165) is 38.3 Å². The first-order valence-electron chi connectivity index (χ1n) is 12.1. The van der Waals surface area contributed by atoms with Gasteiger partial charge in [0.25, 0.3) is 5.69 Å². The number of amides is 2. The van der Waals surface area contributed by atoms with Crippen molar-refractivity contribution in [2.24, 2.45) is 23.7 Å². The number of nitro benzene ring substituents is 1. The number of anilines is 1. The Hall–Kier alpha value is -4.03. The van der Waals surface area contributed by atoms with Crippen LogP contribution in [0.15, 0.2) is 84.5 Å². The van der Waals surface area contributed by atoms with Crippen LogP contribution in [-0.4, -0.2) is 16.7 Å². The lowest BCUT2D eigenvalue weighted by molar-refractivity contribution is -0.384. The van der Waals surface area contributed by atoms with E-state index < -0.39 is 16.8 Å². The van der Waals surface area contributed by atoms with Crippen molar-refractivity contribution in [1.82, 2.24) is 0 Å². The molecule has 3 aromatic rings. The van der Waals surface area contributed by atoms with Gasteiger partial charge in [-0.3, -0.25) is 19.7 Å². The molecular formula is C30H23ClN2O4. The highest BCUT2D eigenvalue weighted by Gasteiger charge is 2.62. The minimum absolute atomic E-state index is 0.0717. The second-order valence-corrected chi connectivity index (χ2v) is 10.4. The van der Waals surface area contributed by atoms with Crippen LogP contribution >= 0.6 is 11.6 Å². The van der Waals surface area contributed by atoms with Gasteiger partial charge in [0.05, 0.1) is 27.5 Å². The van der Waals surface area contributed by atoms with Gasteiger partial charge >= 0.3 is 0 Å². The third kappa shape index (κ3) is 3.55. The molecule has 2 aliphatic carbocycles. The molecule has 6 rings (SSSR count). The third-order valence-electron chi connectivity index (χ3n) is 7.77. The summed E-state index contributed by atoms with van der Waals surface area (Å²) >= 11 is 6.33. The molecule has 2 fully saturated rings. The number of benzene rings is 3. The molecule has 3 aliphatic rings. The zero-order valence-electron chi connectivity index (χ0n) is 20.2. The minimum Gasteiger partial charge on any atom is -0.274 e. The summed E-state index contributed by atoms with van der Waals surface area (Å²) in [5.74, 6) is -2.35. The molecule has 0 aromatic heterocycles. The van der Waals surface area contributed by atoms with E-state index in [1.807, 2.05) is 26.0 Å². The molecular weight excluding hydrogens is 488 g/mol. The number of nitro groups is 1. The van der Waals surface area contributed by atoms with E-state index in [9.17, 15) is 19.7 Å². The van der Waals surface area contributed by atoms with Gasteiger partial charge in [-0.1, -0.05) is 83.4 Å². The van der Waals surface area contributed by atoms with Gasteiger partial charge in [-0.05, 0) is 42.2 Å². The Morgan fingerprint density at radius 2 is 1.30 bits per heavy atom. The molecule has 0 N–H and O–H groups in total. The number of carbonyl (C=O) groups excluding carboxylic acids is 2. The van der Waals surface area contributed by atoms with Crippen LogP contribution in [0.5, 0.6) is 0 Å². The number of halogens is 1. The van der Waals surface area contributed by atoms with Gasteiger partial charge in [0.15, 0.2) is 0 Å². The van der Waals surface area contributed by atoms with Crippen molar-refractivity contribution >= 4 is 40.4 Å². The molecule has 1 aliphatic heterocycles. The highest BCUT2D eigenvalue weighted by Crippen LogP contribution is 2.59. The molecule has 1 saturated heterocycles. The Balaban J connectivity index is 1.48. The number of rotatable bonds is 4. The van der Waals surface area contributed by atoms with Crippen molar-refractivity contribution in [2.45, 2.75) is 13.8 Å². The summed E-state index contributed by atoms with van der Waals surface area (Å²) in [6.45, 7) is 4.08. The van der Waals surface area contributed by atoms with E-state index in [0.29, 0.717) is 0 Å². The second-order valence-electron chi connectivity index (χ2n) is 9.96. The first-order chi connectivity index (χ1) is 17.8. The van der Waals surface area contributed by atoms with Gasteiger partial charge in [0.1, 0.15) is 0 Å². The van der Waals surface area contributed by atoms with Crippen LogP contribution in [0.25, 0.3) is 5.57 Å². The smallest absolute Gasteiger partial charge is 0.271 e.